The summed E-state index contributed by atoms with van der Waals surface area (Å²) in [4.78, 5) is 0. The van der Waals surface area contributed by atoms with Crippen LogP contribution in [0.5, 0.6) is 0 Å². The largest absolute Gasteiger partial charge is 0.394 e. The van der Waals surface area contributed by atoms with Crippen LogP contribution in [0.2, 0.25) is 0 Å². The zero-order chi connectivity index (χ0) is 8.43. The molecule has 0 aromatic carbocycles. The topological polar surface area (TPSA) is 90.2 Å². The highest BCUT2D eigenvalue weighted by molar-refractivity contribution is 4.93. The fraction of sp³-hybridized carbons (Fsp3) is 0.833. The summed E-state index contributed by atoms with van der Waals surface area (Å²) < 4.78 is 4.70. The van der Waals surface area contributed by atoms with Gasteiger partial charge in [-0.15, -0.1) is 0 Å². The Bertz CT molecular complexity index is 128. The van der Waals surface area contributed by atoms with Gasteiger partial charge >= 0.3 is 0 Å². The fourth-order valence-electron chi connectivity index (χ4n) is 0.949. The van der Waals surface area contributed by atoms with Gasteiger partial charge in [0.15, 0.2) is 0 Å². The van der Waals surface area contributed by atoms with E-state index in [1.807, 2.05) is 0 Å². The molecule has 0 aromatic rings. The lowest BCUT2D eigenvalue weighted by molar-refractivity contribution is -0.0636. The van der Waals surface area contributed by atoms with Crippen LogP contribution in [0.1, 0.15) is 0 Å². The second-order valence-electron chi connectivity index (χ2n) is 2.47. The molecule has 0 aliphatic carbocycles. The number of aliphatic hydroxyl groups excluding tert-OH is 4. The van der Waals surface area contributed by atoms with E-state index in [0.717, 1.165) is 6.61 Å². The number of hydrogen-bond donors (Lipinski definition) is 4. The first-order valence-electron chi connectivity index (χ1n) is 3.30. The Hall–Kier alpha value is -0.200. The van der Waals surface area contributed by atoms with E-state index in [1.165, 1.54) is 0 Å². The predicted octanol–water partition coefficient (Wildman–Crippen LogP) is -2.38. The molecular weight excluding hydrogens is 152 g/mol. The lowest BCUT2D eigenvalue weighted by Gasteiger charge is -2.18. The van der Waals surface area contributed by atoms with E-state index in [9.17, 15) is 0 Å². The van der Waals surface area contributed by atoms with Crippen molar-refractivity contribution in [2.45, 2.75) is 24.4 Å². The Kier molecular flexibility index (Phi) is 2.80. The van der Waals surface area contributed by atoms with Crippen LogP contribution in [0, 0.1) is 6.61 Å². The lowest BCUT2D eigenvalue weighted by Crippen LogP contribution is -2.40. The first-order chi connectivity index (χ1) is 5.16. The molecule has 5 nitrogen and oxygen atoms in total. The van der Waals surface area contributed by atoms with Crippen molar-refractivity contribution in [1.29, 1.82) is 0 Å². The minimum Gasteiger partial charge on any atom is -0.394 e. The maximum atomic E-state index is 9.08. The number of aliphatic hydroxyl groups is 4. The summed E-state index contributed by atoms with van der Waals surface area (Å²) in [5.74, 6) is 0. The van der Waals surface area contributed by atoms with Gasteiger partial charge in [0.25, 0.3) is 0 Å². The van der Waals surface area contributed by atoms with Crippen LogP contribution >= 0.6 is 0 Å². The Morgan fingerprint density at radius 3 is 2.45 bits per heavy atom. The molecule has 1 heterocycles. The first-order valence-corrected chi connectivity index (χ1v) is 3.30. The summed E-state index contributed by atoms with van der Waals surface area (Å²) in [5, 5.41) is 35.4. The summed E-state index contributed by atoms with van der Waals surface area (Å²) in [6, 6.07) is 0. The molecule has 4 N–H and O–H groups in total. The number of ether oxygens (including phenoxy) is 1. The highest BCUT2D eigenvalue weighted by Gasteiger charge is 2.39. The van der Waals surface area contributed by atoms with Gasteiger partial charge in [0.2, 0.25) is 0 Å². The Morgan fingerprint density at radius 2 is 2.09 bits per heavy atom. The molecule has 1 radical (unpaired) electrons. The number of rotatable bonds is 2. The van der Waals surface area contributed by atoms with Crippen molar-refractivity contribution in [1.82, 2.24) is 0 Å². The Morgan fingerprint density at radius 1 is 1.45 bits per heavy atom. The Labute approximate surface area is 63.8 Å². The lowest BCUT2D eigenvalue weighted by atomic mass is 10.1. The predicted molar refractivity (Wildman–Crippen MR) is 34.3 cm³/mol. The van der Waals surface area contributed by atoms with Crippen LogP contribution in [-0.2, 0) is 4.74 Å². The van der Waals surface area contributed by atoms with E-state index in [0.29, 0.717) is 0 Å². The number of hydrogen-bond acceptors (Lipinski definition) is 5. The Balaban J connectivity index is 2.47. The highest BCUT2D eigenvalue weighted by atomic mass is 16.5. The summed E-state index contributed by atoms with van der Waals surface area (Å²) in [6.07, 6.45) is -4.31. The third kappa shape index (κ3) is 1.69. The van der Waals surface area contributed by atoms with Crippen molar-refractivity contribution in [3.05, 3.63) is 6.61 Å². The maximum Gasteiger partial charge on any atom is 0.115 e. The second-order valence-corrected chi connectivity index (χ2v) is 2.47. The van der Waals surface area contributed by atoms with Gasteiger partial charge in [-0.25, -0.2) is 0 Å². The van der Waals surface area contributed by atoms with E-state index in [-0.39, 0.29) is 0 Å². The molecule has 4 atom stereocenters. The summed E-state index contributed by atoms with van der Waals surface area (Å²) in [5.41, 5.74) is 0. The van der Waals surface area contributed by atoms with E-state index in [4.69, 9.17) is 25.2 Å². The van der Waals surface area contributed by atoms with Crippen molar-refractivity contribution in [2.24, 2.45) is 0 Å². The van der Waals surface area contributed by atoms with Crippen molar-refractivity contribution in [3.8, 4) is 0 Å². The summed E-state index contributed by atoms with van der Waals surface area (Å²) in [6.45, 7) is 0.538. The monoisotopic (exact) mass is 163 g/mol. The normalized spacial score (nSPS) is 40.9. The molecule has 0 unspecified atom stereocenters. The van der Waals surface area contributed by atoms with Gasteiger partial charge in [-0.3, -0.25) is 0 Å². The molecule has 1 fully saturated rings. The van der Waals surface area contributed by atoms with Crippen molar-refractivity contribution < 1.29 is 25.2 Å². The van der Waals surface area contributed by atoms with Gasteiger partial charge in [-0.05, 0) is 0 Å². The minimum atomic E-state index is -1.16. The third-order valence-corrected chi connectivity index (χ3v) is 1.63. The van der Waals surface area contributed by atoms with E-state index in [2.05, 4.69) is 0 Å². The fourth-order valence-corrected chi connectivity index (χ4v) is 0.949. The molecule has 0 bridgehead atoms. The van der Waals surface area contributed by atoms with Crippen molar-refractivity contribution in [3.63, 3.8) is 0 Å². The quantitative estimate of drug-likeness (QED) is 0.365. The van der Waals surface area contributed by atoms with E-state index < -0.39 is 31.0 Å². The molecule has 1 saturated heterocycles. The average Bonchev–Trinajstić information content (AvgIpc) is 2.32. The molecule has 0 amide bonds. The summed E-state index contributed by atoms with van der Waals surface area (Å²) in [7, 11) is 0. The average molecular weight is 163 g/mol. The molecule has 1 aliphatic rings. The molecule has 1 aliphatic heterocycles. The molecular formula is C6H11O5. The SMILES string of the molecule is OC[C@@H](O)[C@@H]1O[CH][C@@H](O)[C@H]1O. The van der Waals surface area contributed by atoms with Gasteiger partial charge in [-0.2, -0.15) is 0 Å². The molecule has 0 aromatic heterocycles. The van der Waals surface area contributed by atoms with Gasteiger partial charge in [0.05, 0.1) is 6.61 Å². The zero-order valence-corrected chi connectivity index (χ0v) is 5.79. The van der Waals surface area contributed by atoms with E-state index >= 15 is 0 Å². The van der Waals surface area contributed by atoms with Gasteiger partial charge in [0.1, 0.15) is 31.0 Å². The van der Waals surface area contributed by atoms with Crippen molar-refractivity contribution >= 4 is 0 Å². The standard InChI is InChI=1S/C6H11O5/c7-1-3(8)6-5(10)4(9)2-11-6/h2-10H,1H2/t3-,4-,5-,6+/m1/s1. The van der Waals surface area contributed by atoms with Crippen LogP contribution < -0.4 is 0 Å². The van der Waals surface area contributed by atoms with Crippen LogP contribution in [0.3, 0.4) is 0 Å². The third-order valence-electron chi connectivity index (χ3n) is 1.63. The smallest absolute Gasteiger partial charge is 0.115 e. The van der Waals surface area contributed by atoms with E-state index in [1.54, 1.807) is 0 Å². The molecule has 0 spiro atoms. The summed E-state index contributed by atoms with van der Waals surface area (Å²) >= 11 is 0. The molecule has 1 rings (SSSR count). The van der Waals surface area contributed by atoms with Crippen LogP contribution in [-0.4, -0.2) is 51.4 Å². The van der Waals surface area contributed by atoms with Crippen molar-refractivity contribution in [2.75, 3.05) is 6.61 Å². The molecule has 65 valence electrons. The molecule has 5 heteroatoms. The highest BCUT2D eigenvalue weighted by Crippen LogP contribution is 2.20. The first kappa shape index (κ1) is 8.89. The van der Waals surface area contributed by atoms with Gasteiger partial charge in [-0.1, -0.05) is 0 Å². The second kappa shape index (κ2) is 3.46. The molecule has 11 heavy (non-hydrogen) atoms. The minimum absolute atomic E-state index is 0.498. The van der Waals surface area contributed by atoms with Crippen LogP contribution in [0.15, 0.2) is 0 Å². The maximum absolute atomic E-state index is 9.08. The molecule has 0 saturated carbocycles. The van der Waals surface area contributed by atoms with Gasteiger partial charge < -0.3 is 25.2 Å². The van der Waals surface area contributed by atoms with Crippen LogP contribution in [0.25, 0.3) is 0 Å². The van der Waals surface area contributed by atoms with Gasteiger partial charge in [0, 0.05) is 0 Å². The zero-order valence-electron chi connectivity index (χ0n) is 5.79. The van der Waals surface area contributed by atoms with Crippen LogP contribution in [0.4, 0.5) is 0 Å².